The third kappa shape index (κ3) is 2.13. The topological polar surface area (TPSA) is 8.17 Å². The third-order valence-electron chi connectivity index (χ3n) is 5.87. The summed E-state index contributed by atoms with van der Waals surface area (Å²) in [7, 11) is 0. The fraction of sp³-hybridized carbons (Fsp3) is 0.364. The van der Waals surface area contributed by atoms with Crippen LogP contribution in [0.2, 0.25) is 0 Å². The molecule has 2 aliphatic rings. The van der Waals surface area contributed by atoms with E-state index in [2.05, 4.69) is 64.9 Å². The van der Waals surface area contributed by atoms with Gasteiger partial charge in [-0.25, -0.2) is 0 Å². The molecule has 0 saturated heterocycles. The van der Waals surface area contributed by atoms with Gasteiger partial charge in [-0.05, 0) is 49.4 Å². The fourth-order valence-corrected chi connectivity index (χ4v) is 4.80. The molecule has 0 unspecified atom stereocenters. The molecule has 1 atom stereocenters. The van der Waals surface area contributed by atoms with Crippen molar-refractivity contribution >= 4 is 10.9 Å². The molecule has 2 heteroatoms. The molecule has 0 spiro atoms. The average molecular weight is 316 g/mol. The zero-order valence-corrected chi connectivity index (χ0v) is 14.3. The number of hydrogen-bond donors (Lipinski definition) is 0. The van der Waals surface area contributed by atoms with Crippen LogP contribution in [0.4, 0.5) is 0 Å². The van der Waals surface area contributed by atoms with E-state index in [0.29, 0.717) is 6.04 Å². The molecule has 2 heterocycles. The first kappa shape index (κ1) is 14.3. The van der Waals surface area contributed by atoms with Crippen LogP contribution in [-0.4, -0.2) is 16.0 Å². The van der Waals surface area contributed by atoms with Gasteiger partial charge < -0.3 is 4.57 Å². The van der Waals surface area contributed by atoms with Crippen molar-refractivity contribution in [3.63, 3.8) is 0 Å². The largest absolute Gasteiger partial charge is 0.342 e. The van der Waals surface area contributed by atoms with E-state index < -0.39 is 0 Å². The molecule has 1 aromatic heterocycles. The lowest BCUT2D eigenvalue weighted by Gasteiger charge is -2.40. The molecule has 2 aromatic carbocycles. The molecule has 2 nitrogen and oxygen atoms in total. The van der Waals surface area contributed by atoms with E-state index in [-0.39, 0.29) is 0 Å². The molecule has 5 rings (SSSR count). The van der Waals surface area contributed by atoms with Gasteiger partial charge >= 0.3 is 0 Å². The Kier molecular flexibility index (Phi) is 3.27. The molecule has 0 fully saturated rings. The highest BCUT2D eigenvalue weighted by Crippen LogP contribution is 2.43. The van der Waals surface area contributed by atoms with E-state index in [1.165, 1.54) is 41.3 Å². The minimum Gasteiger partial charge on any atom is -0.342 e. The lowest BCUT2D eigenvalue weighted by Crippen LogP contribution is -2.39. The van der Waals surface area contributed by atoms with E-state index >= 15 is 0 Å². The summed E-state index contributed by atoms with van der Waals surface area (Å²) in [4.78, 5) is 2.71. The smallest absolute Gasteiger partial charge is 0.0508 e. The summed E-state index contributed by atoms with van der Waals surface area (Å²) in [5, 5.41) is 1.51. The van der Waals surface area contributed by atoms with E-state index in [4.69, 9.17) is 0 Å². The number of aryl methyl sites for hydroxylation is 2. The summed E-state index contributed by atoms with van der Waals surface area (Å²) >= 11 is 0. The van der Waals surface area contributed by atoms with E-state index in [0.717, 1.165) is 19.6 Å². The maximum atomic E-state index is 2.71. The van der Waals surface area contributed by atoms with Crippen molar-refractivity contribution in [1.29, 1.82) is 0 Å². The van der Waals surface area contributed by atoms with Crippen LogP contribution in [-0.2, 0) is 19.5 Å². The highest BCUT2D eigenvalue weighted by Gasteiger charge is 2.34. The molecule has 1 aliphatic carbocycles. The first-order chi connectivity index (χ1) is 11.8. The van der Waals surface area contributed by atoms with Crippen molar-refractivity contribution in [2.24, 2.45) is 0 Å². The second-order valence-electron chi connectivity index (χ2n) is 7.40. The maximum Gasteiger partial charge on any atom is 0.0508 e. The van der Waals surface area contributed by atoms with Crippen LogP contribution in [0.1, 0.15) is 41.3 Å². The first-order valence-corrected chi connectivity index (χ1v) is 9.21. The van der Waals surface area contributed by atoms with Crippen molar-refractivity contribution < 1.29 is 0 Å². The molecular formula is C22H24N2. The van der Waals surface area contributed by atoms with Crippen molar-refractivity contribution in [3.05, 3.63) is 70.9 Å². The van der Waals surface area contributed by atoms with Crippen LogP contribution in [0.25, 0.3) is 10.9 Å². The molecule has 0 N–H and O–H groups in total. The van der Waals surface area contributed by atoms with E-state index in [1.807, 2.05) is 0 Å². The molecule has 1 aliphatic heterocycles. The van der Waals surface area contributed by atoms with Gasteiger partial charge in [-0.3, -0.25) is 4.90 Å². The van der Waals surface area contributed by atoms with Gasteiger partial charge in [0.15, 0.2) is 0 Å². The number of rotatable bonds is 2. The number of aromatic nitrogens is 1. The maximum absolute atomic E-state index is 2.71. The second kappa shape index (κ2) is 5.49. The summed E-state index contributed by atoms with van der Waals surface area (Å²) in [6, 6.07) is 18.6. The number of benzene rings is 2. The van der Waals surface area contributed by atoms with Gasteiger partial charge in [0.05, 0.1) is 6.04 Å². The van der Waals surface area contributed by atoms with Crippen LogP contribution in [0.15, 0.2) is 48.5 Å². The van der Waals surface area contributed by atoms with Gasteiger partial charge in [0.1, 0.15) is 0 Å². The Bertz CT molecular complexity index is 891. The van der Waals surface area contributed by atoms with Gasteiger partial charge in [-0.1, -0.05) is 42.0 Å². The van der Waals surface area contributed by atoms with Gasteiger partial charge in [0, 0.05) is 36.2 Å². The lowest BCUT2D eigenvalue weighted by atomic mass is 9.89. The van der Waals surface area contributed by atoms with Gasteiger partial charge in [-0.15, -0.1) is 0 Å². The van der Waals surface area contributed by atoms with Gasteiger partial charge in [0.2, 0.25) is 0 Å². The van der Waals surface area contributed by atoms with Crippen molar-refractivity contribution in [2.45, 2.75) is 45.3 Å². The van der Waals surface area contributed by atoms with E-state index in [9.17, 15) is 0 Å². The SMILES string of the molecule is Cc1ccc2c(c1)c1c3n2CCN(Cc2ccccc2)[C@H]3CCC1. The van der Waals surface area contributed by atoms with Gasteiger partial charge in [-0.2, -0.15) is 0 Å². The Hall–Kier alpha value is -2.06. The highest BCUT2D eigenvalue weighted by atomic mass is 15.2. The monoisotopic (exact) mass is 316 g/mol. The molecule has 122 valence electrons. The predicted octanol–water partition coefficient (Wildman–Crippen LogP) is 4.84. The number of hydrogen-bond acceptors (Lipinski definition) is 1. The molecule has 0 saturated carbocycles. The van der Waals surface area contributed by atoms with Crippen molar-refractivity contribution in [3.8, 4) is 0 Å². The Morgan fingerprint density at radius 1 is 1.04 bits per heavy atom. The summed E-state index contributed by atoms with van der Waals surface area (Å²) < 4.78 is 2.62. The summed E-state index contributed by atoms with van der Waals surface area (Å²) in [5.74, 6) is 0. The fourth-order valence-electron chi connectivity index (χ4n) is 4.80. The van der Waals surface area contributed by atoms with Gasteiger partial charge in [0.25, 0.3) is 0 Å². The molecule has 0 bridgehead atoms. The third-order valence-corrected chi connectivity index (χ3v) is 5.87. The predicted molar refractivity (Wildman–Crippen MR) is 99.2 cm³/mol. The normalized spacial score (nSPS) is 20.3. The second-order valence-corrected chi connectivity index (χ2v) is 7.40. The molecule has 24 heavy (non-hydrogen) atoms. The lowest BCUT2D eigenvalue weighted by molar-refractivity contribution is 0.133. The Labute approximate surface area is 143 Å². The van der Waals surface area contributed by atoms with Crippen molar-refractivity contribution in [2.75, 3.05) is 6.54 Å². The number of fused-ring (bicyclic) bond motifs is 3. The highest BCUT2D eigenvalue weighted by molar-refractivity contribution is 5.87. The standard InChI is InChI=1S/C22H24N2/c1-16-10-11-20-19(14-16)18-8-5-9-21-22(18)24(20)13-12-23(21)15-17-6-3-2-4-7-17/h2-4,6-7,10-11,14,21H,5,8-9,12-13,15H2,1H3/t21-/m0/s1. The Morgan fingerprint density at radius 2 is 1.92 bits per heavy atom. The van der Waals surface area contributed by atoms with E-state index in [1.54, 1.807) is 11.3 Å². The summed E-state index contributed by atoms with van der Waals surface area (Å²) in [6.07, 6.45) is 3.86. The minimum atomic E-state index is 0.593. The zero-order chi connectivity index (χ0) is 16.1. The average Bonchev–Trinajstić information content (AvgIpc) is 2.93. The number of nitrogens with zero attached hydrogens (tertiary/aromatic N) is 2. The summed E-state index contributed by atoms with van der Waals surface area (Å²) in [6.45, 7) is 5.57. The summed E-state index contributed by atoms with van der Waals surface area (Å²) in [5.41, 5.74) is 7.51. The van der Waals surface area contributed by atoms with Crippen LogP contribution in [0.3, 0.4) is 0 Å². The molecule has 0 amide bonds. The molecule has 3 aromatic rings. The zero-order valence-electron chi connectivity index (χ0n) is 14.3. The van der Waals surface area contributed by atoms with Crippen LogP contribution < -0.4 is 0 Å². The molecular weight excluding hydrogens is 292 g/mol. The Morgan fingerprint density at radius 3 is 2.79 bits per heavy atom. The minimum absolute atomic E-state index is 0.593. The van der Waals surface area contributed by atoms with Crippen molar-refractivity contribution in [1.82, 2.24) is 9.47 Å². The Balaban J connectivity index is 1.60. The quantitative estimate of drug-likeness (QED) is 0.656. The molecule has 0 radical (unpaired) electrons. The van der Waals surface area contributed by atoms with Crippen LogP contribution >= 0.6 is 0 Å². The van der Waals surface area contributed by atoms with Crippen LogP contribution in [0, 0.1) is 6.92 Å². The van der Waals surface area contributed by atoms with Crippen LogP contribution in [0.5, 0.6) is 0 Å². The first-order valence-electron chi connectivity index (χ1n) is 9.21.